The van der Waals surface area contributed by atoms with Gasteiger partial charge in [0.2, 0.25) is 5.91 Å². The van der Waals surface area contributed by atoms with Gasteiger partial charge in [-0.3, -0.25) is 9.69 Å². The third-order valence-electron chi connectivity index (χ3n) is 3.27. The van der Waals surface area contributed by atoms with Crippen molar-refractivity contribution in [2.75, 3.05) is 18.8 Å². The Kier molecular flexibility index (Phi) is 4.02. The number of carbonyl (C=O) groups is 2. The third kappa shape index (κ3) is 2.45. The van der Waals surface area contributed by atoms with E-state index < -0.39 is 0 Å². The number of nitrogens with zero attached hydrogens (tertiary/aromatic N) is 1. The Morgan fingerprint density at radius 1 is 1.40 bits per heavy atom. The van der Waals surface area contributed by atoms with E-state index in [1.54, 1.807) is 0 Å². The lowest BCUT2D eigenvalue weighted by molar-refractivity contribution is -0.126. The van der Waals surface area contributed by atoms with Crippen LogP contribution in [0.3, 0.4) is 0 Å². The third-order valence-corrected chi connectivity index (χ3v) is 3.94. The summed E-state index contributed by atoms with van der Waals surface area (Å²) >= 11 is 4.32. The quantitative estimate of drug-likeness (QED) is 0.552. The van der Waals surface area contributed by atoms with E-state index in [2.05, 4.69) is 31.8 Å². The van der Waals surface area contributed by atoms with Gasteiger partial charge >= 0.3 is 6.03 Å². The average molecular weight is 230 g/mol. The second-order valence-electron chi connectivity index (χ2n) is 4.00. The first-order chi connectivity index (χ1) is 7.08. The number of thiol groups is 1. The minimum atomic E-state index is -0.270. The SMILES string of the molecule is CCC(CC)(CS)CN1C(=O)CNC1=O. The van der Waals surface area contributed by atoms with E-state index in [4.69, 9.17) is 0 Å². The van der Waals surface area contributed by atoms with Crippen LogP contribution in [0.5, 0.6) is 0 Å². The molecule has 1 aliphatic rings. The van der Waals surface area contributed by atoms with Gasteiger partial charge in [0.05, 0.1) is 6.54 Å². The molecule has 1 heterocycles. The molecule has 15 heavy (non-hydrogen) atoms. The zero-order valence-corrected chi connectivity index (χ0v) is 10.1. The van der Waals surface area contributed by atoms with Crippen molar-refractivity contribution in [2.45, 2.75) is 26.7 Å². The fraction of sp³-hybridized carbons (Fsp3) is 0.800. The molecule has 0 bridgehead atoms. The van der Waals surface area contributed by atoms with Crippen LogP contribution >= 0.6 is 12.6 Å². The van der Waals surface area contributed by atoms with Crippen molar-refractivity contribution in [3.05, 3.63) is 0 Å². The number of amides is 3. The first-order valence-electron chi connectivity index (χ1n) is 5.27. The summed E-state index contributed by atoms with van der Waals surface area (Å²) in [5.74, 6) is 0.560. The highest BCUT2D eigenvalue weighted by Crippen LogP contribution is 2.29. The van der Waals surface area contributed by atoms with Crippen molar-refractivity contribution >= 4 is 24.6 Å². The van der Waals surface area contributed by atoms with E-state index in [9.17, 15) is 9.59 Å². The molecule has 0 aromatic heterocycles. The predicted octanol–water partition coefficient (Wildman–Crippen LogP) is 1.27. The molecule has 0 aliphatic carbocycles. The van der Waals surface area contributed by atoms with Gasteiger partial charge < -0.3 is 5.32 Å². The maximum Gasteiger partial charge on any atom is 0.324 e. The number of nitrogens with one attached hydrogen (secondary N) is 1. The molecule has 0 unspecified atom stereocenters. The highest BCUT2D eigenvalue weighted by atomic mass is 32.1. The lowest BCUT2D eigenvalue weighted by atomic mass is 9.84. The van der Waals surface area contributed by atoms with Gasteiger partial charge in [0.1, 0.15) is 0 Å². The minimum Gasteiger partial charge on any atom is -0.329 e. The predicted molar refractivity (Wildman–Crippen MR) is 62.0 cm³/mol. The molecule has 5 heteroatoms. The topological polar surface area (TPSA) is 49.4 Å². The van der Waals surface area contributed by atoms with E-state index in [1.807, 2.05) is 0 Å². The zero-order chi connectivity index (χ0) is 11.5. The van der Waals surface area contributed by atoms with Crippen molar-refractivity contribution < 1.29 is 9.59 Å². The Labute approximate surface area is 95.8 Å². The summed E-state index contributed by atoms with van der Waals surface area (Å²) in [6.45, 7) is 4.75. The summed E-state index contributed by atoms with van der Waals surface area (Å²) < 4.78 is 0. The van der Waals surface area contributed by atoms with Crippen LogP contribution in [-0.4, -0.2) is 35.7 Å². The number of rotatable bonds is 5. The van der Waals surface area contributed by atoms with E-state index in [-0.39, 0.29) is 23.9 Å². The summed E-state index contributed by atoms with van der Waals surface area (Å²) in [4.78, 5) is 24.1. The van der Waals surface area contributed by atoms with Gasteiger partial charge in [0, 0.05) is 6.54 Å². The molecule has 0 aromatic rings. The van der Waals surface area contributed by atoms with E-state index in [0.29, 0.717) is 12.3 Å². The van der Waals surface area contributed by atoms with Crippen LogP contribution < -0.4 is 5.32 Å². The van der Waals surface area contributed by atoms with Gasteiger partial charge in [0.15, 0.2) is 0 Å². The van der Waals surface area contributed by atoms with Crippen LogP contribution in [0.2, 0.25) is 0 Å². The second kappa shape index (κ2) is 4.88. The molecular weight excluding hydrogens is 212 g/mol. The Morgan fingerprint density at radius 2 is 2.00 bits per heavy atom. The molecule has 1 N–H and O–H groups in total. The van der Waals surface area contributed by atoms with E-state index in [1.165, 1.54) is 4.90 Å². The number of hydrogen-bond acceptors (Lipinski definition) is 3. The van der Waals surface area contributed by atoms with Gasteiger partial charge in [-0.05, 0) is 24.0 Å². The van der Waals surface area contributed by atoms with Crippen molar-refractivity contribution in [3.63, 3.8) is 0 Å². The number of imide groups is 1. The molecule has 1 aliphatic heterocycles. The Hall–Kier alpha value is -0.710. The van der Waals surface area contributed by atoms with Gasteiger partial charge in [-0.25, -0.2) is 4.79 Å². The monoisotopic (exact) mass is 230 g/mol. The fourth-order valence-corrected chi connectivity index (χ4v) is 2.25. The van der Waals surface area contributed by atoms with E-state index in [0.717, 1.165) is 12.8 Å². The summed E-state index contributed by atoms with van der Waals surface area (Å²) in [6.07, 6.45) is 1.84. The van der Waals surface area contributed by atoms with Crippen LogP contribution in [0, 0.1) is 5.41 Å². The summed E-state index contributed by atoms with van der Waals surface area (Å²) in [7, 11) is 0. The summed E-state index contributed by atoms with van der Waals surface area (Å²) in [5.41, 5.74) is -0.0412. The van der Waals surface area contributed by atoms with Crippen LogP contribution in [0.15, 0.2) is 0 Å². The highest BCUT2D eigenvalue weighted by molar-refractivity contribution is 7.80. The number of carbonyl (C=O) groups excluding carboxylic acids is 2. The average Bonchev–Trinajstić information content (AvgIpc) is 2.57. The molecule has 0 spiro atoms. The molecular formula is C10H18N2O2S. The van der Waals surface area contributed by atoms with Gasteiger partial charge in [-0.15, -0.1) is 0 Å². The molecule has 0 saturated carbocycles. The second-order valence-corrected chi connectivity index (χ2v) is 4.32. The molecule has 1 saturated heterocycles. The Morgan fingerprint density at radius 3 is 2.33 bits per heavy atom. The molecule has 86 valence electrons. The maximum absolute atomic E-state index is 11.4. The van der Waals surface area contributed by atoms with Crippen molar-refractivity contribution in [2.24, 2.45) is 5.41 Å². The lowest BCUT2D eigenvalue weighted by Gasteiger charge is -2.32. The first kappa shape index (κ1) is 12.4. The summed E-state index contributed by atoms with van der Waals surface area (Å²) in [5, 5.41) is 2.53. The molecule has 3 amide bonds. The lowest BCUT2D eigenvalue weighted by Crippen LogP contribution is -2.42. The smallest absolute Gasteiger partial charge is 0.324 e. The standard InChI is InChI=1S/C10H18N2O2S/c1-3-10(4-2,7-15)6-12-8(13)5-11-9(12)14/h15H,3-7H2,1-2H3,(H,11,14). The van der Waals surface area contributed by atoms with Crippen LogP contribution in [0.25, 0.3) is 0 Å². The number of hydrogen-bond donors (Lipinski definition) is 2. The molecule has 0 radical (unpaired) electrons. The minimum absolute atomic E-state index is 0.0412. The molecule has 0 aromatic carbocycles. The highest BCUT2D eigenvalue weighted by Gasteiger charge is 2.35. The van der Waals surface area contributed by atoms with Crippen LogP contribution in [0.4, 0.5) is 4.79 Å². The first-order valence-corrected chi connectivity index (χ1v) is 5.91. The van der Waals surface area contributed by atoms with Gasteiger partial charge in [0.25, 0.3) is 0 Å². The Bertz CT molecular complexity index is 240. The van der Waals surface area contributed by atoms with Gasteiger partial charge in [-0.1, -0.05) is 13.8 Å². The fourth-order valence-electron chi connectivity index (χ4n) is 1.70. The molecule has 4 nitrogen and oxygen atoms in total. The van der Waals surface area contributed by atoms with Crippen LogP contribution in [0.1, 0.15) is 26.7 Å². The van der Waals surface area contributed by atoms with Crippen molar-refractivity contribution in [3.8, 4) is 0 Å². The zero-order valence-electron chi connectivity index (χ0n) is 9.25. The molecule has 1 rings (SSSR count). The van der Waals surface area contributed by atoms with Gasteiger partial charge in [-0.2, -0.15) is 12.6 Å². The van der Waals surface area contributed by atoms with E-state index >= 15 is 0 Å². The maximum atomic E-state index is 11.4. The van der Waals surface area contributed by atoms with Crippen molar-refractivity contribution in [1.82, 2.24) is 10.2 Å². The Balaban J connectivity index is 2.73. The van der Waals surface area contributed by atoms with Crippen LogP contribution in [-0.2, 0) is 4.79 Å². The normalized spacial score (nSPS) is 17.1. The number of urea groups is 1. The molecule has 1 fully saturated rings. The molecule has 0 atom stereocenters. The largest absolute Gasteiger partial charge is 0.329 e. The summed E-state index contributed by atoms with van der Waals surface area (Å²) in [6, 6.07) is -0.270. The van der Waals surface area contributed by atoms with Crippen molar-refractivity contribution in [1.29, 1.82) is 0 Å².